The molecule has 0 radical (unpaired) electrons. The summed E-state index contributed by atoms with van der Waals surface area (Å²) in [6.07, 6.45) is 0. The first-order chi connectivity index (χ1) is 12.0. The molecule has 25 heavy (non-hydrogen) atoms. The number of hydrogen-bond donors (Lipinski definition) is 1. The van der Waals surface area contributed by atoms with Crippen molar-refractivity contribution in [3.05, 3.63) is 35.1 Å². The van der Waals surface area contributed by atoms with E-state index >= 15 is 0 Å². The van der Waals surface area contributed by atoms with Crippen molar-refractivity contribution in [1.29, 1.82) is 0 Å². The van der Waals surface area contributed by atoms with Gasteiger partial charge in [0, 0.05) is 30.4 Å². The highest BCUT2D eigenvalue weighted by Crippen LogP contribution is 2.21. The molecule has 0 aliphatic heterocycles. The lowest BCUT2D eigenvalue weighted by molar-refractivity contribution is 0.102. The van der Waals surface area contributed by atoms with Crippen LogP contribution in [-0.2, 0) is 0 Å². The maximum atomic E-state index is 12.5. The van der Waals surface area contributed by atoms with E-state index in [0.717, 1.165) is 30.3 Å². The fourth-order valence-electron chi connectivity index (χ4n) is 2.61. The van der Waals surface area contributed by atoms with Crippen LogP contribution in [0.5, 0.6) is 0 Å². The molecule has 0 unspecified atom stereocenters. The van der Waals surface area contributed by atoms with Crippen molar-refractivity contribution < 1.29 is 4.79 Å². The van der Waals surface area contributed by atoms with Crippen LogP contribution in [0.3, 0.4) is 0 Å². The number of carbonyl (C=O) groups is 1. The summed E-state index contributed by atoms with van der Waals surface area (Å²) in [4.78, 5) is 15.3. The third-order valence-electron chi connectivity index (χ3n) is 3.98. The Morgan fingerprint density at radius 1 is 1.20 bits per heavy atom. The number of amides is 1. The molecule has 3 aromatic rings. The highest BCUT2D eigenvalue weighted by atomic mass is 32.1. The van der Waals surface area contributed by atoms with Crippen LogP contribution < -0.4 is 10.2 Å². The van der Waals surface area contributed by atoms with Gasteiger partial charge in [-0.15, -0.1) is 15.3 Å². The van der Waals surface area contributed by atoms with Crippen molar-refractivity contribution in [2.75, 3.05) is 23.3 Å². The van der Waals surface area contributed by atoms with E-state index in [4.69, 9.17) is 0 Å². The fourth-order valence-corrected chi connectivity index (χ4v) is 3.35. The lowest BCUT2D eigenvalue weighted by atomic mass is 10.2. The normalized spacial score (nSPS) is 11.2. The Hall–Kier alpha value is -2.48. The molecule has 0 saturated heterocycles. The van der Waals surface area contributed by atoms with Crippen LogP contribution in [-0.4, -0.2) is 38.8 Å². The van der Waals surface area contributed by atoms with Crippen molar-refractivity contribution in [3.8, 4) is 0 Å². The van der Waals surface area contributed by atoms with Crippen LogP contribution in [0.1, 0.15) is 49.2 Å². The molecule has 2 heterocycles. The molecular formula is C17H22N6OS. The average Bonchev–Trinajstić information content (AvgIpc) is 3.17. The summed E-state index contributed by atoms with van der Waals surface area (Å²) >= 11 is 1.24. The summed E-state index contributed by atoms with van der Waals surface area (Å²) in [5, 5.41) is 15.8. The lowest BCUT2D eigenvalue weighted by Gasteiger charge is -2.21. The number of carbonyl (C=O) groups excluding carboxylic acids is 1. The van der Waals surface area contributed by atoms with E-state index in [1.807, 2.05) is 38.1 Å². The molecule has 0 aliphatic carbocycles. The van der Waals surface area contributed by atoms with Crippen LogP contribution in [0.15, 0.2) is 24.3 Å². The van der Waals surface area contributed by atoms with Crippen LogP contribution in [0.2, 0.25) is 0 Å². The van der Waals surface area contributed by atoms with Crippen molar-refractivity contribution in [2.45, 2.75) is 33.6 Å². The second-order valence-corrected chi connectivity index (χ2v) is 6.94. The van der Waals surface area contributed by atoms with E-state index in [1.54, 1.807) is 4.52 Å². The highest BCUT2D eigenvalue weighted by molar-refractivity contribution is 7.18. The van der Waals surface area contributed by atoms with E-state index in [9.17, 15) is 4.79 Å². The highest BCUT2D eigenvalue weighted by Gasteiger charge is 2.18. The summed E-state index contributed by atoms with van der Waals surface area (Å²) < 4.78 is 1.65. The average molecular weight is 358 g/mol. The Morgan fingerprint density at radius 3 is 2.48 bits per heavy atom. The Balaban J connectivity index is 1.76. The molecule has 7 nitrogen and oxygen atoms in total. The van der Waals surface area contributed by atoms with Crippen LogP contribution in [0.4, 0.5) is 11.4 Å². The summed E-state index contributed by atoms with van der Waals surface area (Å²) in [6, 6.07) is 7.84. The van der Waals surface area contributed by atoms with Gasteiger partial charge in [0.1, 0.15) is 0 Å². The van der Waals surface area contributed by atoms with Gasteiger partial charge in [-0.3, -0.25) is 4.79 Å². The van der Waals surface area contributed by atoms with Crippen molar-refractivity contribution in [3.63, 3.8) is 0 Å². The molecule has 1 amide bonds. The number of nitrogens with one attached hydrogen (secondary N) is 1. The molecular weight excluding hydrogens is 336 g/mol. The van der Waals surface area contributed by atoms with Crippen LogP contribution >= 0.6 is 11.3 Å². The summed E-state index contributed by atoms with van der Waals surface area (Å²) in [6.45, 7) is 10.2. The number of nitrogens with zero attached hydrogens (tertiary/aromatic N) is 5. The molecule has 0 fully saturated rings. The minimum absolute atomic E-state index is 0.195. The third-order valence-corrected chi connectivity index (χ3v) is 4.88. The minimum Gasteiger partial charge on any atom is -0.372 e. The molecule has 3 rings (SSSR count). The largest absolute Gasteiger partial charge is 0.372 e. The van der Waals surface area contributed by atoms with Crippen molar-refractivity contribution >= 4 is 33.6 Å². The third kappa shape index (κ3) is 3.48. The Labute approximate surface area is 150 Å². The molecule has 8 heteroatoms. The predicted molar refractivity (Wildman–Crippen MR) is 101 cm³/mol. The standard InChI is InChI=1S/C17H22N6OS/c1-5-22(6-2)13-9-7-12(8-10-13)18-15(24)16-21-23-14(11(3)4)19-20-17(23)25-16/h7-11H,5-6H2,1-4H3,(H,18,24). The second kappa shape index (κ2) is 7.18. The van der Waals surface area contributed by atoms with Gasteiger partial charge in [-0.1, -0.05) is 25.2 Å². The molecule has 1 aromatic carbocycles. The number of benzene rings is 1. The Kier molecular flexibility index (Phi) is 4.98. The van der Waals surface area contributed by atoms with Gasteiger partial charge in [0.2, 0.25) is 9.97 Å². The SMILES string of the molecule is CCN(CC)c1ccc(NC(=O)c2nn3c(C(C)C)nnc3s2)cc1. The molecule has 132 valence electrons. The number of rotatable bonds is 6. The maximum absolute atomic E-state index is 12.5. The van der Waals surface area contributed by atoms with Crippen LogP contribution in [0, 0.1) is 0 Å². The van der Waals surface area contributed by atoms with Gasteiger partial charge < -0.3 is 10.2 Å². The van der Waals surface area contributed by atoms with Gasteiger partial charge in [-0.05, 0) is 38.1 Å². The summed E-state index contributed by atoms with van der Waals surface area (Å²) in [5.41, 5.74) is 1.89. The maximum Gasteiger partial charge on any atom is 0.286 e. The monoisotopic (exact) mass is 358 g/mol. The van der Waals surface area contributed by atoms with Gasteiger partial charge >= 0.3 is 0 Å². The fraction of sp³-hybridized carbons (Fsp3) is 0.412. The molecule has 0 spiro atoms. The topological polar surface area (TPSA) is 75.4 Å². The van der Waals surface area contributed by atoms with Gasteiger partial charge in [0.05, 0.1) is 0 Å². The quantitative estimate of drug-likeness (QED) is 0.731. The van der Waals surface area contributed by atoms with Gasteiger partial charge in [-0.2, -0.15) is 4.52 Å². The second-order valence-electron chi connectivity index (χ2n) is 5.99. The number of anilines is 2. The van der Waals surface area contributed by atoms with E-state index in [0.29, 0.717) is 9.97 Å². The van der Waals surface area contributed by atoms with E-state index in [1.165, 1.54) is 11.3 Å². The van der Waals surface area contributed by atoms with E-state index < -0.39 is 0 Å². The molecule has 0 atom stereocenters. The smallest absolute Gasteiger partial charge is 0.286 e. The molecule has 0 aliphatic rings. The van der Waals surface area contributed by atoms with Gasteiger partial charge in [0.25, 0.3) is 5.91 Å². The molecule has 0 saturated carbocycles. The van der Waals surface area contributed by atoms with Gasteiger partial charge in [-0.25, -0.2) is 0 Å². The minimum atomic E-state index is -0.235. The summed E-state index contributed by atoms with van der Waals surface area (Å²) in [7, 11) is 0. The first-order valence-electron chi connectivity index (χ1n) is 8.42. The predicted octanol–water partition coefficient (Wildman–Crippen LogP) is 3.41. The molecule has 0 bridgehead atoms. The summed E-state index contributed by atoms with van der Waals surface area (Å²) in [5.74, 6) is 0.718. The van der Waals surface area contributed by atoms with Crippen molar-refractivity contribution in [1.82, 2.24) is 19.8 Å². The molecule has 1 N–H and O–H groups in total. The Bertz CT molecular complexity index is 863. The van der Waals surface area contributed by atoms with E-state index in [2.05, 4.69) is 39.4 Å². The van der Waals surface area contributed by atoms with E-state index in [-0.39, 0.29) is 11.8 Å². The zero-order valence-corrected chi connectivity index (χ0v) is 15.7. The zero-order valence-electron chi connectivity index (χ0n) is 14.9. The molecule has 2 aromatic heterocycles. The first kappa shape index (κ1) is 17.3. The number of fused-ring (bicyclic) bond motifs is 1. The number of aromatic nitrogens is 4. The zero-order chi connectivity index (χ0) is 18.0. The Morgan fingerprint density at radius 2 is 1.88 bits per heavy atom. The van der Waals surface area contributed by atoms with Crippen molar-refractivity contribution in [2.24, 2.45) is 0 Å². The lowest BCUT2D eigenvalue weighted by Crippen LogP contribution is -2.21. The van der Waals surface area contributed by atoms with Gasteiger partial charge in [0.15, 0.2) is 5.82 Å². The number of hydrogen-bond acceptors (Lipinski definition) is 6. The first-order valence-corrected chi connectivity index (χ1v) is 9.23. The van der Waals surface area contributed by atoms with Crippen LogP contribution in [0.25, 0.3) is 4.96 Å².